The first-order chi connectivity index (χ1) is 19.1. The number of aromatic nitrogens is 1. The van der Waals surface area contributed by atoms with Crippen molar-refractivity contribution in [3.63, 3.8) is 0 Å². The number of nitrogens with two attached hydrogens (primary N) is 1. The molecule has 1 aromatic carbocycles. The molecule has 1 aromatic heterocycles. The number of rotatable bonds is 14. The van der Waals surface area contributed by atoms with Gasteiger partial charge in [0.1, 0.15) is 18.7 Å². The summed E-state index contributed by atoms with van der Waals surface area (Å²) >= 11 is 1.60. The molecule has 1 fully saturated rings. The number of benzene rings is 1. The summed E-state index contributed by atoms with van der Waals surface area (Å²) in [7, 11) is 0. The maximum Gasteiger partial charge on any atom is 0.246 e. The second-order valence-corrected chi connectivity index (χ2v) is 11.9. The van der Waals surface area contributed by atoms with Gasteiger partial charge in [-0.2, -0.15) is 0 Å². The Morgan fingerprint density at radius 1 is 1.15 bits per heavy atom. The Labute approximate surface area is 241 Å². The molecule has 0 aliphatic carbocycles. The number of thiazole rings is 1. The molecule has 0 radical (unpaired) electrons. The number of likely N-dealkylation sites (tertiary alicyclic amines) is 1. The number of carbonyl (C=O) groups excluding carboxylic acids is 3. The van der Waals surface area contributed by atoms with Gasteiger partial charge in [0.15, 0.2) is 0 Å². The highest BCUT2D eigenvalue weighted by molar-refractivity contribution is 7.13. The second kappa shape index (κ2) is 15.2. The Morgan fingerprint density at radius 2 is 1.88 bits per heavy atom. The lowest BCUT2D eigenvalue weighted by Gasteiger charge is -2.35. The lowest BCUT2D eigenvalue weighted by atomic mass is 9.85. The number of hydrogen-bond acceptors (Lipinski definition) is 8. The van der Waals surface area contributed by atoms with E-state index in [-0.39, 0.29) is 24.3 Å². The van der Waals surface area contributed by atoms with E-state index in [1.54, 1.807) is 16.2 Å². The van der Waals surface area contributed by atoms with Gasteiger partial charge in [-0.1, -0.05) is 45.0 Å². The third kappa shape index (κ3) is 9.09. The fourth-order valence-electron chi connectivity index (χ4n) is 4.59. The van der Waals surface area contributed by atoms with Gasteiger partial charge in [-0.15, -0.1) is 11.3 Å². The van der Waals surface area contributed by atoms with Crippen LogP contribution in [0.2, 0.25) is 0 Å². The van der Waals surface area contributed by atoms with Crippen molar-refractivity contribution in [2.24, 2.45) is 11.1 Å². The summed E-state index contributed by atoms with van der Waals surface area (Å²) in [5.74, 6) is -0.807. The maximum absolute atomic E-state index is 13.6. The molecule has 0 saturated carbocycles. The minimum atomic E-state index is -0.785. The Balaban J connectivity index is 1.53. The smallest absolute Gasteiger partial charge is 0.246 e. The monoisotopic (exact) mass is 573 g/mol. The largest absolute Gasteiger partial charge is 0.380 e. The van der Waals surface area contributed by atoms with Crippen molar-refractivity contribution < 1.29 is 23.9 Å². The zero-order valence-corrected chi connectivity index (χ0v) is 24.9. The summed E-state index contributed by atoms with van der Waals surface area (Å²) in [6.45, 7) is 10.2. The number of nitrogens with zero attached hydrogens (tertiary/aromatic N) is 2. The third-order valence-electron chi connectivity index (χ3n) is 6.76. The van der Waals surface area contributed by atoms with E-state index in [0.29, 0.717) is 52.3 Å². The molecule has 11 heteroatoms. The molecule has 40 heavy (non-hydrogen) atoms. The van der Waals surface area contributed by atoms with Crippen molar-refractivity contribution in [2.75, 3.05) is 39.5 Å². The fraction of sp³-hybridized carbons (Fsp3) is 0.586. The van der Waals surface area contributed by atoms with Crippen molar-refractivity contribution in [1.82, 2.24) is 20.5 Å². The van der Waals surface area contributed by atoms with Crippen molar-refractivity contribution >= 4 is 29.1 Å². The average Bonchev–Trinajstić information content (AvgIpc) is 3.58. The summed E-state index contributed by atoms with van der Waals surface area (Å²) in [4.78, 5) is 46.4. The Bertz CT molecular complexity index is 1110. The molecule has 0 bridgehead atoms. The van der Waals surface area contributed by atoms with Crippen LogP contribution in [0.25, 0.3) is 10.4 Å². The number of carbonyl (C=O) groups is 3. The summed E-state index contributed by atoms with van der Waals surface area (Å²) < 4.78 is 10.7. The Morgan fingerprint density at radius 3 is 2.52 bits per heavy atom. The first-order valence-corrected chi connectivity index (χ1v) is 14.7. The number of hydrogen-bond donors (Lipinski definition) is 3. The van der Waals surface area contributed by atoms with Crippen LogP contribution in [-0.4, -0.2) is 79.2 Å². The molecule has 3 rings (SSSR count). The molecule has 2 atom stereocenters. The lowest BCUT2D eigenvalue weighted by Crippen LogP contribution is -2.58. The molecular weight excluding hydrogens is 530 g/mol. The van der Waals surface area contributed by atoms with Gasteiger partial charge in [0, 0.05) is 32.8 Å². The first-order valence-electron chi connectivity index (χ1n) is 13.8. The number of ether oxygens (including phenoxy) is 2. The van der Waals surface area contributed by atoms with Crippen LogP contribution in [0, 0.1) is 12.3 Å². The average molecular weight is 574 g/mol. The quantitative estimate of drug-likeness (QED) is 0.296. The number of nitrogens with one attached hydrogen (secondary N) is 2. The molecule has 2 aromatic rings. The van der Waals surface area contributed by atoms with Gasteiger partial charge in [0.05, 0.1) is 22.7 Å². The minimum absolute atomic E-state index is 0.151. The molecule has 0 spiro atoms. The number of amides is 3. The van der Waals surface area contributed by atoms with E-state index >= 15 is 0 Å². The molecule has 1 aliphatic rings. The van der Waals surface area contributed by atoms with E-state index < -0.39 is 17.5 Å². The standard InChI is InChI=1S/C29H43N5O5S/c1-20-25(40-19-32-20)22-10-8-21(9-11-22)17-31-27(36)23-7-5-13-34(23)28(37)26(29(2,3)4)33-24(35)18-39-15-6-14-38-16-12-30/h8-11,19,23,26H,5-7,12-18,30H2,1-4H3,(H,31,36)(H,33,35)/t23-,26+/m0/s1. The Hall–Kier alpha value is -2.86. The van der Waals surface area contributed by atoms with Gasteiger partial charge in [-0.3, -0.25) is 14.4 Å². The van der Waals surface area contributed by atoms with Gasteiger partial charge >= 0.3 is 0 Å². The SMILES string of the molecule is Cc1ncsc1-c1ccc(CNC(=O)[C@@H]2CCCN2C(=O)[C@@H](NC(=O)COCCCOCCN)C(C)(C)C)cc1. The molecule has 1 aliphatic heterocycles. The van der Waals surface area contributed by atoms with Gasteiger partial charge in [-0.05, 0) is 42.7 Å². The van der Waals surface area contributed by atoms with Crippen molar-refractivity contribution in [3.8, 4) is 10.4 Å². The third-order valence-corrected chi connectivity index (χ3v) is 7.74. The zero-order valence-electron chi connectivity index (χ0n) is 24.0. The van der Waals surface area contributed by atoms with Gasteiger partial charge in [0.2, 0.25) is 17.7 Å². The van der Waals surface area contributed by atoms with Crippen LogP contribution in [0.5, 0.6) is 0 Å². The topological polar surface area (TPSA) is 136 Å². The highest BCUT2D eigenvalue weighted by Crippen LogP contribution is 2.28. The highest BCUT2D eigenvalue weighted by Gasteiger charge is 2.41. The molecule has 3 amide bonds. The summed E-state index contributed by atoms with van der Waals surface area (Å²) in [5, 5.41) is 5.84. The van der Waals surface area contributed by atoms with Crippen LogP contribution in [0.3, 0.4) is 0 Å². The predicted octanol–water partition coefficient (Wildman–Crippen LogP) is 2.64. The summed E-state index contributed by atoms with van der Waals surface area (Å²) in [6, 6.07) is 6.69. The van der Waals surface area contributed by atoms with Crippen LogP contribution >= 0.6 is 11.3 Å². The van der Waals surface area contributed by atoms with Crippen LogP contribution in [-0.2, 0) is 30.4 Å². The minimum Gasteiger partial charge on any atom is -0.380 e. The van der Waals surface area contributed by atoms with E-state index in [0.717, 1.165) is 28.1 Å². The first kappa shape index (κ1) is 31.7. The molecular formula is C29H43N5O5S. The summed E-state index contributed by atoms with van der Waals surface area (Å²) in [5.41, 5.74) is 9.73. The molecule has 220 valence electrons. The molecule has 4 N–H and O–H groups in total. The van der Waals surface area contributed by atoms with E-state index in [9.17, 15) is 14.4 Å². The van der Waals surface area contributed by atoms with E-state index in [2.05, 4.69) is 15.6 Å². The molecule has 2 heterocycles. The zero-order chi connectivity index (χ0) is 29.1. The van der Waals surface area contributed by atoms with Gasteiger partial charge in [0.25, 0.3) is 0 Å². The summed E-state index contributed by atoms with van der Waals surface area (Å²) in [6.07, 6.45) is 1.96. The normalized spacial score (nSPS) is 16.1. The van der Waals surface area contributed by atoms with Crippen LogP contribution in [0.15, 0.2) is 29.8 Å². The van der Waals surface area contributed by atoms with Crippen LogP contribution < -0.4 is 16.4 Å². The molecule has 0 unspecified atom stereocenters. The van der Waals surface area contributed by atoms with E-state index in [4.69, 9.17) is 15.2 Å². The molecule has 10 nitrogen and oxygen atoms in total. The van der Waals surface area contributed by atoms with Crippen molar-refractivity contribution in [2.45, 2.75) is 65.6 Å². The fourth-order valence-corrected chi connectivity index (χ4v) is 5.41. The Kier molecular flexibility index (Phi) is 12.1. The van der Waals surface area contributed by atoms with Crippen molar-refractivity contribution in [3.05, 3.63) is 41.0 Å². The van der Waals surface area contributed by atoms with Crippen LogP contribution in [0.1, 0.15) is 51.3 Å². The van der Waals surface area contributed by atoms with E-state index in [1.807, 2.05) is 57.5 Å². The second-order valence-electron chi connectivity index (χ2n) is 11.0. The predicted molar refractivity (Wildman–Crippen MR) is 156 cm³/mol. The van der Waals surface area contributed by atoms with Crippen molar-refractivity contribution in [1.29, 1.82) is 0 Å². The van der Waals surface area contributed by atoms with Gasteiger partial charge < -0.3 is 30.7 Å². The van der Waals surface area contributed by atoms with Crippen LogP contribution in [0.4, 0.5) is 0 Å². The maximum atomic E-state index is 13.6. The van der Waals surface area contributed by atoms with Gasteiger partial charge in [-0.25, -0.2) is 4.98 Å². The van der Waals surface area contributed by atoms with E-state index in [1.165, 1.54) is 0 Å². The lowest BCUT2D eigenvalue weighted by molar-refractivity contribution is -0.144. The highest BCUT2D eigenvalue weighted by atomic mass is 32.1. The number of aryl methyl sites for hydroxylation is 1. The molecule has 1 saturated heterocycles.